The molecule has 134 valence electrons. The highest BCUT2D eigenvalue weighted by molar-refractivity contribution is 5.27. The van der Waals surface area contributed by atoms with Crippen molar-refractivity contribution in [3.8, 4) is 0 Å². The summed E-state index contributed by atoms with van der Waals surface area (Å²) in [6, 6.07) is 4.57. The molecule has 3 fully saturated rings. The van der Waals surface area contributed by atoms with Crippen molar-refractivity contribution in [1.29, 1.82) is 0 Å². The van der Waals surface area contributed by atoms with Gasteiger partial charge in [0, 0.05) is 12.4 Å². The molecule has 25 heavy (non-hydrogen) atoms. The normalized spacial score (nSPS) is 45.9. The number of pyridine rings is 1. The van der Waals surface area contributed by atoms with Crippen molar-refractivity contribution in [1.82, 2.24) is 4.98 Å². The van der Waals surface area contributed by atoms with Gasteiger partial charge in [-0.2, -0.15) is 0 Å². The first kappa shape index (κ1) is 16.1. The van der Waals surface area contributed by atoms with Crippen LogP contribution in [0.15, 0.2) is 36.2 Å². The Labute approximate surface area is 153 Å². The van der Waals surface area contributed by atoms with Crippen LogP contribution in [0.5, 0.6) is 0 Å². The van der Waals surface area contributed by atoms with Gasteiger partial charge < -0.3 is 0 Å². The predicted octanol–water partition coefficient (Wildman–Crippen LogP) is 6.52. The quantitative estimate of drug-likeness (QED) is 0.532. The number of fused-ring (bicyclic) bond motifs is 5. The van der Waals surface area contributed by atoms with Gasteiger partial charge in [0.05, 0.1) is 0 Å². The van der Waals surface area contributed by atoms with Crippen LogP contribution in [-0.4, -0.2) is 4.98 Å². The van der Waals surface area contributed by atoms with Gasteiger partial charge in [-0.25, -0.2) is 0 Å². The molecule has 0 saturated heterocycles. The number of allylic oxidation sites excluding steroid dienone is 2. The van der Waals surface area contributed by atoms with E-state index in [9.17, 15) is 0 Å². The molecule has 1 aromatic rings. The highest BCUT2D eigenvalue weighted by Crippen LogP contribution is 2.68. The first-order valence-electron chi connectivity index (χ1n) is 10.7. The molecule has 0 amide bonds. The minimum absolute atomic E-state index is 0.523. The van der Waals surface area contributed by atoms with E-state index in [0.29, 0.717) is 10.8 Å². The van der Waals surface area contributed by atoms with Crippen molar-refractivity contribution in [2.75, 3.05) is 0 Å². The van der Waals surface area contributed by atoms with Gasteiger partial charge in [-0.1, -0.05) is 25.5 Å². The molecule has 1 nitrogen and oxygen atoms in total. The average molecular weight is 336 g/mol. The minimum atomic E-state index is 0.523. The molecule has 0 radical (unpaired) electrons. The monoisotopic (exact) mass is 335 g/mol. The third kappa shape index (κ3) is 2.23. The zero-order valence-corrected chi connectivity index (χ0v) is 16.0. The number of hydrogen-bond donors (Lipinski definition) is 0. The summed E-state index contributed by atoms with van der Waals surface area (Å²) in [7, 11) is 0. The van der Waals surface area contributed by atoms with Crippen LogP contribution in [0.1, 0.15) is 83.1 Å². The van der Waals surface area contributed by atoms with E-state index in [0.717, 1.165) is 23.7 Å². The maximum absolute atomic E-state index is 4.26. The SMILES string of the molecule is C[C@]12CC[C@H]3[C@@H](CCC4=CCCC[C@@]43C)[C@@H]1CC[C@@H]2c1ccncc1. The molecule has 0 spiro atoms. The van der Waals surface area contributed by atoms with Gasteiger partial charge in [-0.05, 0) is 110 Å². The fourth-order valence-electron chi connectivity index (χ4n) is 7.90. The first-order chi connectivity index (χ1) is 12.1. The Morgan fingerprint density at radius 2 is 1.80 bits per heavy atom. The number of aromatic nitrogens is 1. The summed E-state index contributed by atoms with van der Waals surface area (Å²) in [5.74, 6) is 3.65. The van der Waals surface area contributed by atoms with E-state index in [2.05, 4.69) is 37.0 Å². The zero-order chi connectivity index (χ0) is 17.1. The largest absolute Gasteiger partial charge is 0.265 e. The molecule has 6 atom stereocenters. The average Bonchev–Trinajstić information content (AvgIpc) is 2.99. The van der Waals surface area contributed by atoms with E-state index >= 15 is 0 Å². The Bertz CT molecular complexity index is 677. The van der Waals surface area contributed by atoms with Crippen LogP contribution in [0.3, 0.4) is 0 Å². The summed E-state index contributed by atoms with van der Waals surface area (Å²) in [4.78, 5) is 4.26. The molecule has 3 saturated carbocycles. The lowest BCUT2D eigenvalue weighted by atomic mass is 9.46. The lowest BCUT2D eigenvalue weighted by molar-refractivity contribution is -0.0415. The van der Waals surface area contributed by atoms with Crippen LogP contribution in [-0.2, 0) is 0 Å². The topological polar surface area (TPSA) is 12.9 Å². The van der Waals surface area contributed by atoms with Crippen molar-refractivity contribution in [2.45, 2.75) is 77.6 Å². The van der Waals surface area contributed by atoms with Gasteiger partial charge in [0.25, 0.3) is 0 Å². The van der Waals surface area contributed by atoms with Gasteiger partial charge >= 0.3 is 0 Å². The van der Waals surface area contributed by atoms with E-state index in [1.807, 2.05) is 18.0 Å². The highest BCUT2D eigenvalue weighted by Gasteiger charge is 2.58. The van der Waals surface area contributed by atoms with E-state index in [-0.39, 0.29) is 0 Å². The summed E-state index contributed by atoms with van der Waals surface area (Å²) >= 11 is 0. The fourth-order valence-corrected chi connectivity index (χ4v) is 7.90. The maximum atomic E-state index is 4.26. The molecule has 0 aromatic carbocycles. The Morgan fingerprint density at radius 3 is 2.64 bits per heavy atom. The van der Waals surface area contributed by atoms with Crippen LogP contribution < -0.4 is 0 Å². The molecule has 1 heterocycles. The van der Waals surface area contributed by atoms with Crippen molar-refractivity contribution in [2.24, 2.45) is 28.6 Å². The van der Waals surface area contributed by atoms with Gasteiger partial charge in [-0.3, -0.25) is 4.98 Å². The molecule has 5 rings (SSSR count). The summed E-state index contributed by atoms with van der Waals surface area (Å²) < 4.78 is 0. The van der Waals surface area contributed by atoms with Crippen LogP contribution in [0.25, 0.3) is 0 Å². The van der Waals surface area contributed by atoms with Crippen molar-refractivity contribution in [3.63, 3.8) is 0 Å². The van der Waals surface area contributed by atoms with E-state index in [4.69, 9.17) is 0 Å². The van der Waals surface area contributed by atoms with Crippen molar-refractivity contribution in [3.05, 3.63) is 41.7 Å². The molecule has 0 N–H and O–H groups in total. The maximum Gasteiger partial charge on any atom is 0.0270 e. The van der Waals surface area contributed by atoms with Crippen LogP contribution in [0.2, 0.25) is 0 Å². The minimum Gasteiger partial charge on any atom is -0.265 e. The Balaban J connectivity index is 1.47. The Morgan fingerprint density at radius 1 is 0.960 bits per heavy atom. The van der Waals surface area contributed by atoms with Crippen LogP contribution >= 0.6 is 0 Å². The second-order valence-corrected chi connectivity index (χ2v) is 9.91. The third-order valence-corrected chi connectivity index (χ3v) is 9.14. The summed E-state index contributed by atoms with van der Waals surface area (Å²) in [5.41, 5.74) is 4.46. The third-order valence-electron chi connectivity index (χ3n) is 9.14. The number of nitrogens with zero attached hydrogens (tertiary/aromatic N) is 1. The summed E-state index contributed by atoms with van der Waals surface area (Å²) in [6.07, 6.45) is 19.5. The molecular formula is C24H33N. The zero-order valence-electron chi connectivity index (χ0n) is 16.0. The van der Waals surface area contributed by atoms with Crippen molar-refractivity contribution < 1.29 is 0 Å². The molecule has 0 aliphatic heterocycles. The molecular weight excluding hydrogens is 302 g/mol. The fraction of sp³-hybridized carbons (Fsp3) is 0.708. The molecule has 0 bridgehead atoms. The lowest BCUT2D eigenvalue weighted by Crippen LogP contribution is -2.49. The Hall–Kier alpha value is -1.11. The van der Waals surface area contributed by atoms with Crippen molar-refractivity contribution >= 4 is 0 Å². The van der Waals surface area contributed by atoms with Gasteiger partial charge in [-0.15, -0.1) is 0 Å². The van der Waals surface area contributed by atoms with Crippen LogP contribution in [0, 0.1) is 28.6 Å². The first-order valence-corrected chi connectivity index (χ1v) is 10.7. The molecule has 4 aliphatic rings. The van der Waals surface area contributed by atoms with Crippen LogP contribution in [0.4, 0.5) is 0 Å². The molecule has 1 aromatic heterocycles. The number of hydrogen-bond acceptors (Lipinski definition) is 1. The van der Waals surface area contributed by atoms with Gasteiger partial charge in [0.1, 0.15) is 0 Å². The second-order valence-electron chi connectivity index (χ2n) is 9.91. The molecule has 1 heteroatoms. The van der Waals surface area contributed by atoms with E-state index in [1.54, 1.807) is 5.56 Å². The van der Waals surface area contributed by atoms with Gasteiger partial charge in [0.15, 0.2) is 0 Å². The van der Waals surface area contributed by atoms with E-state index < -0.39 is 0 Å². The van der Waals surface area contributed by atoms with E-state index in [1.165, 1.54) is 57.8 Å². The van der Waals surface area contributed by atoms with Gasteiger partial charge in [0.2, 0.25) is 0 Å². The Kier molecular flexibility index (Phi) is 3.67. The highest BCUT2D eigenvalue weighted by atomic mass is 14.6. The summed E-state index contributed by atoms with van der Waals surface area (Å²) in [5, 5.41) is 0. The summed E-state index contributed by atoms with van der Waals surface area (Å²) in [6.45, 7) is 5.27. The second kappa shape index (κ2) is 5.69. The number of rotatable bonds is 1. The predicted molar refractivity (Wildman–Crippen MR) is 103 cm³/mol. The standard InChI is InChI=1S/C24H33N/c1-23-13-4-3-5-18(23)6-7-19-21-9-8-20(17-11-15-25-16-12-17)24(21,2)14-10-22(19)23/h5,11-12,15-16,19-22H,3-4,6-10,13-14H2,1-2H3/t19-,20+,21-,22-,23-,24+/m0/s1. The lowest BCUT2D eigenvalue weighted by Gasteiger charge is -2.58. The molecule has 0 unspecified atom stereocenters. The smallest absolute Gasteiger partial charge is 0.0270 e. The molecule has 4 aliphatic carbocycles.